The summed E-state index contributed by atoms with van der Waals surface area (Å²) in [5.41, 5.74) is -0.984. The van der Waals surface area contributed by atoms with E-state index in [0.29, 0.717) is 0 Å². The van der Waals surface area contributed by atoms with Crippen LogP contribution in [0, 0.1) is 15.0 Å². The van der Waals surface area contributed by atoms with Crippen LogP contribution in [-0.2, 0) is 10.0 Å². The van der Waals surface area contributed by atoms with Crippen molar-refractivity contribution in [1.29, 1.82) is 5.26 Å². The largest absolute Gasteiger partial charge is 0.266 e. The molecule has 86 valence electrons. The summed E-state index contributed by atoms with van der Waals surface area (Å²) in [5.74, 6) is 0. The number of pyridine rings is 1. The van der Waals surface area contributed by atoms with Crippen molar-refractivity contribution in [2.75, 3.05) is 0 Å². The van der Waals surface area contributed by atoms with Gasteiger partial charge < -0.3 is 0 Å². The van der Waals surface area contributed by atoms with Crippen LogP contribution < -0.4 is 5.14 Å². The maximum Gasteiger partial charge on any atom is 0.266 e. The van der Waals surface area contributed by atoms with Crippen molar-refractivity contribution in [3.8, 4) is 6.07 Å². The van der Waals surface area contributed by atoms with Gasteiger partial charge in [0.2, 0.25) is 0 Å². The maximum absolute atomic E-state index is 12.4. The lowest BCUT2D eigenvalue weighted by molar-refractivity contribution is 0.149. The van der Waals surface area contributed by atoms with Gasteiger partial charge in [-0.3, -0.25) is 0 Å². The molecule has 2 N–H and O–H groups in total. The summed E-state index contributed by atoms with van der Waals surface area (Å²) in [6.07, 6.45) is -2.83. The third-order valence-electron chi connectivity index (χ3n) is 1.59. The standard InChI is InChI=1S/C7H4F2IN3O2S/c8-5(9)4-1-3(2-11)7(13-6(4)10)16(12,14)15/h1,5H,(H2,12,14,15). The number of nitrogens with two attached hydrogens (primary N) is 1. The van der Waals surface area contributed by atoms with Crippen LogP contribution in [0.25, 0.3) is 0 Å². The highest BCUT2D eigenvalue weighted by Crippen LogP contribution is 2.26. The number of hydrogen-bond acceptors (Lipinski definition) is 4. The van der Waals surface area contributed by atoms with Crippen molar-refractivity contribution in [2.24, 2.45) is 5.14 Å². The number of hydrogen-bond donors (Lipinski definition) is 1. The molecule has 0 bridgehead atoms. The van der Waals surface area contributed by atoms with E-state index >= 15 is 0 Å². The van der Waals surface area contributed by atoms with Gasteiger partial charge in [-0.1, -0.05) is 0 Å². The van der Waals surface area contributed by atoms with E-state index in [4.69, 9.17) is 10.4 Å². The zero-order valence-corrected chi connectivity index (χ0v) is 10.5. The molecule has 1 aromatic heterocycles. The predicted octanol–water partition coefficient (Wildman–Crippen LogP) is 1.14. The Morgan fingerprint density at radius 2 is 2.12 bits per heavy atom. The number of sulfonamides is 1. The van der Waals surface area contributed by atoms with Gasteiger partial charge in [0.1, 0.15) is 9.77 Å². The Kier molecular flexibility index (Phi) is 3.76. The molecule has 0 saturated carbocycles. The first-order valence-corrected chi connectivity index (χ1v) is 6.31. The van der Waals surface area contributed by atoms with Gasteiger partial charge in [-0.2, -0.15) is 5.26 Å². The van der Waals surface area contributed by atoms with Gasteiger partial charge in [-0.25, -0.2) is 27.3 Å². The summed E-state index contributed by atoms with van der Waals surface area (Å²) in [7, 11) is -4.19. The Morgan fingerprint density at radius 3 is 2.50 bits per heavy atom. The third kappa shape index (κ3) is 2.63. The van der Waals surface area contributed by atoms with E-state index in [-0.39, 0.29) is 3.70 Å². The minimum absolute atomic E-state index is 0.198. The molecular formula is C7H4F2IN3O2S. The molecule has 0 saturated heterocycles. The molecule has 0 aromatic carbocycles. The highest BCUT2D eigenvalue weighted by molar-refractivity contribution is 14.1. The van der Waals surface area contributed by atoms with Gasteiger partial charge >= 0.3 is 0 Å². The van der Waals surface area contributed by atoms with E-state index in [9.17, 15) is 17.2 Å². The third-order valence-corrected chi connectivity index (χ3v) is 3.31. The first-order valence-electron chi connectivity index (χ1n) is 3.69. The van der Waals surface area contributed by atoms with Crippen molar-refractivity contribution < 1.29 is 17.2 Å². The smallest absolute Gasteiger partial charge is 0.227 e. The molecule has 0 aliphatic rings. The summed E-state index contributed by atoms with van der Waals surface area (Å²) in [5, 5.41) is 12.7. The quantitative estimate of drug-likeness (QED) is 0.633. The lowest BCUT2D eigenvalue weighted by Crippen LogP contribution is -2.17. The molecule has 0 atom stereocenters. The first kappa shape index (κ1) is 13.2. The number of aromatic nitrogens is 1. The average Bonchev–Trinajstić information content (AvgIpc) is 2.15. The van der Waals surface area contributed by atoms with Crippen LogP contribution >= 0.6 is 22.6 Å². The highest BCUT2D eigenvalue weighted by atomic mass is 127. The molecule has 0 fully saturated rings. The number of primary sulfonamides is 1. The Bertz CT molecular complexity index is 568. The van der Waals surface area contributed by atoms with E-state index < -0.39 is 32.6 Å². The molecule has 1 rings (SSSR count). The molecule has 0 aliphatic carbocycles. The Balaban J connectivity index is 3.59. The lowest BCUT2D eigenvalue weighted by Gasteiger charge is -2.06. The molecular weight excluding hydrogens is 355 g/mol. The summed E-state index contributed by atoms with van der Waals surface area (Å²) in [4.78, 5) is 3.41. The molecule has 0 radical (unpaired) electrons. The van der Waals surface area contributed by atoms with Gasteiger partial charge in [0, 0.05) is 0 Å². The maximum atomic E-state index is 12.4. The summed E-state index contributed by atoms with van der Waals surface area (Å²) < 4.78 is 46.7. The van der Waals surface area contributed by atoms with E-state index in [1.54, 1.807) is 0 Å². The van der Waals surface area contributed by atoms with Crippen LogP contribution in [-0.4, -0.2) is 13.4 Å². The van der Waals surface area contributed by atoms with Crippen molar-refractivity contribution in [3.05, 3.63) is 20.9 Å². The van der Waals surface area contributed by atoms with Crippen LogP contribution in [0.2, 0.25) is 0 Å². The normalized spacial score (nSPS) is 11.5. The molecule has 5 nitrogen and oxygen atoms in total. The van der Waals surface area contributed by atoms with Crippen LogP contribution in [0.1, 0.15) is 17.6 Å². The van der Waals surface area contributed by atoms with E-state index in [0.717, 1.165) is 6.07 Å². The fraction of sp³-hybridized carbons (Fsp3) is 0.143. The van der Waals surface area contributed by atoms with Crippen LogP contribution in [0.4, 0.5) is 8.78 Å². The summed E-state index contributed by atoms with van der Waals surface area (Å²) in [6.45, 7) is 0. The molecule has 0 unspecified atom stereocenters. The fourth-order valence-corrected chi connectivity index (χ4v) is 2.37. The van der Waals surface area contributed by atoms with E-state index in [2.05, 4.69) is 4.98 Å². The second-order valence-corrected chi connectivity index (χ2v) is 5.18. The van der Waals surface area contributed by atoms with Crippen LogP contribution in [0.5, 0.6) is 0 Å². The number of halogens is 3. The minimum atomic E-state index is -4.19. The minimum Gasteiger partial charge on any atom is -0.227 e. The summed E-state index contributed by atoms with van der Waals surface area (Å²) >= 11 is 1.45. The zero-order valence-electron chi connectivity index (χ0n) is 7.49. The van der Waals surface area contributed by atoms with Crippen molar-refractivity contribution in [2.45, 2.75) is 11.5 Å². The number of nitrogens with zero attached hydrogens (tertiary/aromatic N) is 2. The van der Waals surface area contributed by atoms with Gasteiger partial charge in [0.25, 0.3) is 16.4 Å². The van der Waals surface area contributed by atoms with Gasteiger partial charge in [0.05, 0.1) is 11.1 Å². The second-order valence-electron chi connectivity index (χ2n) is 2.68. The summed E-state index contributed by atoms with van der Waals surface area (Å²) in [6, 6.07) is 2.24. The average molecular weight is 359 g/mol. The molecule has 0 spiro atoms. The SMILES string of the molecule is N#Cc1cc(C(F)F)c(I)nc1S(N)(=O)=O. The second kappa shape index (κ2) is 4.56. The zero-order chi connectivity index (χ0) is 12.5. The molecule has 9 heteroatoms. The van der Waals surface area contributed by atoms with Crippen molar-refractivity contribution in [1.82, 2.24) is 4.98 Å². The number of rotatable bonds is 2. The molecule has 16 heavy (non-hydrogen) atoms. The Hall–Kier alpha value is -0.860. The number of alkyl halides is 2. The highest BCUT2D eigenvalue weighted by Gasteiger charge is 2.22. The van der Waals surface area contributed by atoms with E-state index in [1.165, 1.54) is 28.7 Å². The number of nitriles is 1. The Morgan fingerprint density at radius 1 is 1.56 bits per heavy atom. The topological polar surface area (TPSA) is 96.8 Å². The van der Waals surface area contributed by atoms with Crippen molar-refractivity contribution in [3.63, 3.8) is 0 Å². The molecule has 1 heterocycles. The van der Waals surface area contributed by atoms with Crippen LogP contribution in [0.3, 0.4) is 0 Å². The monoisotopic (exact) mass is 359 g/mol. The Labute approximate surface area is 103 Å². The fourth-order valence-electron chi connectivity index (χ4n) is 0.941. The van der Waals surface area contributed by atoms with Gasteiger partial charge in [0.15, 0.2) is 5.03 Å². The lowest BCUT2D eigenvalue weighted by atomic mass is 10.2. The van der Waals surface area contributed by atoms with Gasteiger partial charge in [-0.05, 0) is 28.7 Å². The molecule has 0 amide bonds. The van der Waals surface area contributed by atoms with Gasteiger partial charge in [-0.15, -0.1) is 0 Å². The molecule has 1 aromatic rings. The van der Waals surface area contributed by atoms with E-state index in [1.807, 2.05) is 0 Å². The molecule has 0 aliphatic heterocycles. The van der Waals surface area contributed by atoms with Crippen molar-refractivity contribution >= 4 is 32.6 Å². The first-order chi connectivity index (χ1) is 7.27. The predicted molar refractivity (Wildman–Crippen MR) is 58.0 cm³/mol. The van der Waals surface area contributed by atoms with Crippen LogP contribution in [0.15, 0.2) is 11.1 Å².